The van der Waals surface area contributed by atoms with Crippen LogP contribution in [-0.2, 0) is 0 Å². The fourth-order valence-corrected chi connectivity index (χ4v) is 1.82. The third-order valence-electron chi connectivity index (χ3n) is 2.85. The normalized spacial score (nSPS) is 10.6. The summed E-state index contributed by atoms with van der Waals surface area (Å²) in [5, 5.41) is 13.9. The van der Waals surface area contributed by atoms with Crippen molar-refractivity contribution in [1.29, 1.82) is 0 Å². The van der Waals surface area contributed by atoms with E-state index in [1.165, 1.54) is 5.56 Å². The molecule has 0 atom stereocenters. The van der Waals surface area contributed by atoms with E-state index in [2.05, 4.69) is 49.9 Å². The van der Waals surface area contributed by atoms with Gasteiger partial charge in [-0.25, -0.2) is 0 Å². The summed E-state index contributed by atoms with van der Waals surface area (Å²) < 4.78 is 0. The van der Waals surface area contributed by atoms with Crippen molar-refractivity contribution in [2.75, 3.05) is 17.7 Å². The standard InChI is InChI=1S/C13H14N6/c1-8-3-5-9(6-4-8)16-11-10-7-15-19-12(10)18-13(14-2)17-11/h3-7H,1-2H3,(H3,14,15,16,17,18,19). The molecule has 0 aliphatic rings. The number of aryl methyl sites for hydroxylation is 1. The van der Waals surface area contributed by atoms with Crippen LogP contribution in [0, 0.1) is 6.92 Å². The molecule has 96 valence electrons. The van der Waals surface area contributed by atoms with Gasteiger partial charge in [0.05, 0.1) is 11.6 Å². The molecule has 0 bridgehead atoms. The van der Waals surface area contributed by atoms with E-state index in [-0.39, 0.29) is 0 Å². The number of hydrogen-bond acceptors (Lipinski definition) is 5. The molecule has 0 amide bonds. The van der Waals surface area contributed by atoms with E-state index in [0.29, 0.717) is 11.6 Å². The van der Waals surface area contributed by atoms with Crippen LogP contribution < -0.4 is 10.6 Å². The van der Waals surface area contributed by atoms with Gasteiger partial charge < -0.3 is 10.6 Å². The summed E-state index contributed by atoms with van der Waals surface area (Å²) in [6.45, 7) is 2.06. The zero-order chi connectivity index (χ0) is 13.2. The summed E-state index contributed by atoms with van der Waals surface area (Å²) in [6.07, 6.45) is 1.71. The van der Waals surface area contributed by atoms with Gasteiger partial charge in [-0.2, -0.15) is 15.1 Å². The first-order valence-electron chi connectivity index (χ1n) is 5.99. The molecule has 2 heterocycles. The maximum atomic E-state index is 4.42. The quantitative estimate of drug-likeness (QED) is 0.669. The van der Waals surface area contributed by atoms with Crippen molar-refractivity contribution < 1.29 is 0 Å². The van der Waals surface area contributed by atoms with Crippen LogP contribution in [0.1, 0.15) is 5.56 Å². The van der Waals surface area contributed by atoms with Crippen LogP contribution >= 0.6 is 0 Å². The molecule has 0 saturated carbocycles. The van der Waals surface area contributed by atoms with E-state index in [1.807, 2.05) is 12.1 Å². The molecule has 2 aromatic heterocycles. The Morgan fingerprint density at radius 1 is 1.11 bits per heavy atom. The van der Waals surface area contributed by atoms with Crippen LogP contribution in [0.4, 0.5) is 17.5 Å². The van der Waals surface area contributed by atoms with Crippen molar-refractivity contribution in [2.24, 2.45) is 0 Å². The van der Waals surface area contributed by atoms with Gasteiger partial charge >= 0.3 is 0 Å². The van der Waals surface area contributed by atoms with Crippen LogP contribution in [0.15, 0.2) is 30.5 Å². The molecule has 0 aliphatic heterocycles. The Bertz CT molecular complexity index is 701. The first kappa shape index (κ1) is 11.5. The highest BCUT2D eigenvalue weighted by molar-refractivity contribution is 5.88. The Hall–Kier alpha value is -2.63. The Kier molecular flexibility index (Phi) is 2.75. The minimum absolute atomic E-state index is 0.548. The van der Waals surface area contributed by atoms with E-state index in [4.69, 9.17) is 0 Å². The van der Waals surface area contributed by atoms with Gasteiger partial charge in [-0.15, -0.1) is 0 Å². The molecular weight excluding hydrogens is 240 g/mol. The lowest BCUT2D eigenvalue weighted by Gasteiger charge is -2.08. The fraction of sp³-hybridized carbons (Fsp3) is 0.154. The SMILES string of the molecule is CNc1nc(Nc2ccc(C)cc2)c2cn[nH]c2n1. The van der Waals surface area contributed by atoms with Crippen LogP contribution in [0.3, 0.4) is 0 Å². The third-order valence-corrected chi connectivity index (χ3v) is 2.85. The van der Waals surface area contributed by atoms with Crippen molar-refractivity contribution in [1.82, 2.24) is 20.2 Å². The van der Waals surface area contributed by atoms with Crippen LogP contribution in [-0.4, -0.2) is 27.2 Å². The molecule has 0 radical (unpaired) electrons. The molecule has 1 aromatic carbocycles. The van der Waals surface area contributed by atoms with Crippen molar-refractivity contribution >= 4 is 28.5 Å². The van der Waals surface area contributed by atoms with Crippen molar-refractivity contribution in [2.45, 2.75) is 6.92 Å². The molecule has 3 N–H and O–H groups in total. The number of benzene rings is 1. The molecule has 3 aromatic rings. The van der Waals surface area contributed by atoms with E-state index in [9.17, 15) is 0 Å². The molecule has 19 heavy (non-hydrogen) atoms. The number of aromatic nitrogens is 4. The second-order valence-corrected chi connectivity index (χ2v) is 4.27. The number of rotatable bonds is 3. The largest absolute Gasteiger partial charge is 0.357 e. The van der Waals surface area contributed by atoms with Gasteiger partial charge in [0.2, 0.25) is 5.95 Å². The molecule has 0 fully saturated rings. The Morgan fingerprint density at radius 3 is 2.63 bits per heavy atom. The minimum atomic E-state index is 0.548. The van der Waals surface area contributed by atoms with E-state index < -0.39 is 0 Å². The average molecular weight is 254 g/mol. The van der Waals surface area contributed by atoms with Gasteiger partial charge in [0.15, 0.2) is 5.65 Å². The summed E-state index contributed by atoms with van der Waals surface area (Å²) in [4.78, 5) is 8.71. The molecule has 0 spiro atoms. The van der Waals surface area contributed by atoms with Gasteiger partial charge in [-0.1, -0.05) is 17.7 Å². The summed E-state index contributed by atoms with van der Waals surface area (Å²) >= 11 is 0. The van der Waals surface area contributed by atoms with E-state index in [0.717, 1.165) is 16.9 Å². The lowest BCUT2D eigenvalue weighted by Crippen LogP contribution is -2.01. The fourth-order valence-electron chi connectivity index (χ4n) is 1.82. The summed E-state index contributed by atoms with van der Waals surface area (Å²) in [6, 6.07) is 8.13. The monoisotopic (exact) mass is 254 g/mol. The van der Waals surface area contributed by atoms with Crippen molar-refractivity contribution in [3.05, 3.63) is 36.0 Å². The van der Waals surface area contributed by atoms with Crippen LogP contribution in [0.5, 0.6) is 0 Å². The Morgan fingerprint density at radius 2 is 1.89 bits per heavy atom. The first-order valence-corrected chi connectivity index (χ1v) is 5.99. The van der Waals surface area contributed by atoms with Crippen LogP contribution in [0.2, 0.25) is 0 Å². The predicted molar refractivity (Wildman–Crippen MR) is 75.7 cm³/mol. The number of fused-ring (bicyclic) bond motifs is 1. The molecule has 0 unspecified atom stereocenters. The predicted octanol–water partition coefficient (Wildman–Crippen LogP) is 2.45. The molecule has 3 rings (SSSR count). The highest BCUT2D eigenvalue weighted by Gasteiger charge is 2.08. The number of anilines is 3. The van der Waals surface area contributed by atoms with Gasteiger partial charge in [0.25, 0.3) is 0 Å². The smallest absolute Gasteiger partial charge is 0.226 e. The molecular formula is C13H14N6. The second-order valence-electron chi connectivity index (χ2n) is 4.27. The van der Waals surface area contributed by atoms with E-state index in [1.54, 1.807) is 13.2 Å². The molecule has 6 nitrogen and oxygen atoms in total. The first-order chi connectivity index (χ1) is 9.26. The lowest BCUT2D eigenvalue weighted by atomic mass is 10.2. The average Bonchev–Trinajstić information content (AvgIpc) is 2.89. The zero-order valence-corrected chi connectivity index (χ0v) is 10.7. The number of H-pyrrole nitrogens is 1. The number of aromatic amines is 1. The lowest BCUT2D eigenvalue weighted by molar-refractivity contribution is 1.09. The molecule has 0 aliphatic carbocycles. The molecule has 6 heteroatoms. The second kappa shape index (κ2) is 4.56. The van der Waals surface area contributed by atoms with E-state index >= 15 is 0 Å². The number of nitrogens with zero attached hydrogens (tertiary/aromatic N) is 3. The minimum Gasteiger partial charge on any atom is -0.357 e. The maximum Gasteiger partial charge on any atom is 0.226 e. The maximum absolute atomic E-state index is 4.42. The third kappa shape index (κ3) is 2.20. The highest BCUT2D eigenvalue weighted by Crippen LogP contribution is 2.23. The zero-order valence-electron chi connectivity index (χ0n) is 10.7. The highest BCUT2D eigenvalue weighted by atomic mass is 15.2. The van der Waals surface area contributed by atoms with Gasteiger partial charge in [0, 0.05) is 12.7 Å². The summed E-state index contributed by atoms with van der Waals surface area (Å²) in [7, 11) is 1.78. The summed E-state index contributed by atoms with van der Waals surface area (Å²) in [5.41, 5.74) is 2.90. The topological polar surface area (TPSA) is 78.5 Å². The van der Waals surface area contributed by atoms with Crippen molar-refractivity contribution in [3.63, 3.8) is 0 Å². The van der Waals surface area contributed by atoms with Crippen LogP contribution in [0.25, 0.3) is 11.0 Å². The molecule has 0 saturated heterocycles. The van der Waals surface area contributed by atoms with Gasteiger partial charge in [0.1, 0.15) is 5.82 Å². The number of nitrogens with one attached hydrogen (secondary N) is 3. The summed E-state index contributed by atoms with van der Waals surface area (Å²) in [5.74, 6) is 1.28. The van der Waals surface area contributed by atoms with Gasteiger partial charge in [-0.05, 0) is 19.1 Å². The van der Waals surface area contributed by atoms with Crippen molar-refractivity contribution in [3.8, 4) is 0 Å². The number of hydrogen-bond donors (Lipinski definition) is 3. The Balaban J connectivity index is 2.03. The van der Waals surface area contributed by atoms with Gasteiger partial charge in [-0.3, -0.25) is 5.10 Å². The Labute approximate surface area is 110 Å².